The van der Waals surface area contributed by atoms with E-state index in [1.54, 1.807) is 14.1 Å². The SMILES string of the molecule is CN(C)C(=O)N/C(=C\C=O)NN. The van der Waals surface area contributed by atoms with Crippen LogP contribution in [0.25, 0.3) is 0 Å². The normalized spacial score (nSPS) is 10.4. The van der Waals surface area contributed by atoms with Gasteiger partial charge in [0, 0.05) is 20.2 Å². The lowest BCUT2D eigenvalue weighted by molar-refractivity contribution is -0.104. The minimum atomic E-state index is -0.360. The summed E-state index contributed by atoms with van der Waals surface area (Å²) in [4.78, 5) is 22.3. The Balaban J connectivity index is 4.12. The highest BCUT2D eigenvalue weighted by atomic mass is 16.2. The van der Waals surface area contributed by atoms with Crippen molar-refractivity contribution in [1.29, 1.82) is 0 Å². The van der Waals surface area contributed by atoms with Gasteiger partial charge in [-0.3, -0.25) is 10.1 Å². The maximum atomic E-state index is 10.9. The molecule has 0 spiro atoms. The first-order valence-electron chi connectivity index (χ1n) is 3.22. The van der Waals surface area contributed by atoms with Crippen LogP contribution in [0, 0.1) is 0 Å². The molecule has 0 atom stereocenters. The van der Waals surface area contributed by atoms with Crippen LogP contribution in [0.2, 0.25) is 0 Å². The van der Waals surface area contributed by atoms with Gasteiger partial charge in [-0.1, -0.05) is 0 Å². The lowest BCUT2D eigenvalue weighted by atomic mass is 10.6. The van der Waals surface area contributed by atoms with Crippen molar-refractivity contribution in [3.8, 4) is 0 Å². The molecule has 0 aromatic heterocycles. The summed E-state index contributed by atoms with van der Waals surface area (Å²) in [6.45, 7) is 0. The minimum Gasteiger partial charge on any atom is -0.331 e. The highest BCUT2D eigenvalue weighted by Gasteiger charge is 2.03. The van der Waals surface area contributed by atoms with Crippen LogP contribution in [0.5, 0.6) is 0 Å². The van der Waals surface area contributed by atoms with E-state index in [2.05, 4.69) is 10.7 Å². The second-order valence-corrected chi connectivity index (χ2v) is 2.19. The number of carbonyl (C=O) groups excluding carboxylic acids is 2. The van der Waals surface area contributed by atoms with Gasteiger partial charge >= 0.3 is 6.03 Å². The average Bonchev–Trinajstić information content (AvgIpc) is 2.03. The summed E-state index contributed by atoms with van der Waals surface area (Å²) >= 11 is 0. The van der Waals surface area contributed by atoms with Crippen LogP contribution in [0.4, 0.5) is 4.79 Å². The van der Waals surface area contributed by atoms with E-state index >= 15 is 0 Å². The highest BCUT2D eigenvalue weighted by Crippen LogP contribution is 1.82. The van der Waals surface area contributed by atoms with E-state index in [-0.39, 0.29) is 11.9 Å². The smallest absolute Gasteiger partial charge is 0.322 e. The summed E-state index contributed by atoms with van der Waals surface area (Å²) < 4.78 is 0. The zero-order chi connectivity index (χ0) is 9.56. The van der Waals surface area contributed by atoms with Gasteiger partial charge in [-0.15, -0.1) is 0 Å². The average molecular weight is 172 g/mol. The zero-order valence-electron chi connectivity index (χ0n) is 7.00. The van der Waals surface area contributed by atoms with Crippen LogP contribution < -0.4 is 16.6 Å². The van der Waals surface area contributed by atoms with Crippen molar-refractivity contribution in [3.63, 3.8) is 0 Å². The van der Waals surface area contributed by atoms with Crippen molar-refractivity contribution >= 4 is 12.3 Å². The Bertz CT molecular complexity index is 200. The minimum absolute atomic E-state index is 0.156. The topological polar surface area (TPSA) is 87.5 Å². The predicted octanol–water partition coefficient (Wildman–Crippen LogP) is -1.24. The van der Waals surface area contributed by atoms with E-state index < -0.39 is 0 Å². The fourth-order valence-electron chi connectivity index (χ4n) is 0.421. The molecule has 4 N–H and O–H groups in total. The lowest BCUT2D eigenvalue weighted by Gasteiger charge is -2.13. The molecule has 6 heteroatoms. The van der Waals surface area contributed by atoms with Crippen LogP contribution in [-0.4, -0.2) is 31.3 Å². The first-order chi connectivity index (χ1) is 5.61. The van der Waals surface area contributed by atoms with Gasteiger partial charge in [-0.25, -0.2) is 10.6 Å². The number of urea groups is 1. The first-order valence-corrected chi connectivity index (χ1v) is 3.22. The van der Waals surface area contributed by atoms with Crippen molar-refractivity contribution < 1.29 is 9.59 Å². The number of rotatable bonds is 3. The molecule has 0 aliphatic rings. The van der Waals surface area contributed by atoms with E-state index in [0.717, 1.165) is 6.08 Å². The van der Waals surface area contributed by atoms with E-state index in [0.29, 0.717) is 6.29 Å². The summed E-state index contributed by atoms with van der Waals surface area (Å²) in [6.07, 6.45) is 1.63. The number of aldehydes is 1. The molecule has 2 amide bonds. The molecular weight excluding hydrogens is 160 g/mol. The van der Waals surface area contributed by atoms with Crippen molar-refractivity contribution in [3.05, 3.63) is 11.9 Å². The number of nitrogens with zero attached hydrogens (tertiary/aromatic N) is 1. The maximum Gasteiger partial charge on any atom is 0.322 e. The molecular formula is C6H12N4O2. The Morgan fingerprint density at radius 3 is 2.42 bits per heavy atom. The van der Waals surface area contributed by atoms with Crippen molar-refractivity contribution in [2.24, 2.45) is 5.84 Å². The van der Waals surface area contributed by atoms with Gasteiger partial charge in [0.25, 0.3) is 0 Å². The molecule has 0 aromatic carbocycles. The van der Waals surface area contributed by atoms with Gasteiger partial charge in [0.05, 0.1) is 0 Å². The number of hydrazine groups is 1. The Morgan fingerprint density at radius 1 is 1.50 bits per heavy atom. The van der Waals surface area contributed by atoms with Gasteiger partial charge in [0.2, 0.25) is 0 Å². The number of carbonyl (C=O) groups is 2. The van der Waals surface area contributed by atoms with E-state index in [9.17, 15) is 9.59 Å². The molecule has 0 radical (unpaired) electrons. The zero-order valence-corrected chi connectivity index (χ0v) is 7.00. The molecule has 0 saturated heterocycles. The fraction of sp³-hybridized carbons (Fsp3) is 0.333. The summed E-state index contributed by atoms with van der Waals surface area (Å²) in [5.74, 6) is 5.15. The van der Waals surface area contributed by atoms with E-state index in [1.165, 1.54) is 4.90 Å². The van der Waals surface area contributed by atoms with Crippen LogP contribution in [0.3, 0.4) is 0 Å². The van der Waals surface area contributed by atoms with E-state index in [1.807, 2.05) is 0 Å². The third-order valence-electron chi connectivity index (χ3n) is 1.04. The standard InChI is InChI=1S/C6H12N4O2/c1-10(2)6(12)8-5(9-7)3-4-11/h3-4,9H,7H2,1-2H3,(H,8,12)/b5-3+. The third kappa shape index (κ3) is 3.57. The van der Waals surface area contributed by atoms with Gasteiger partial charge < -0.3 is 10.3 Å². The lowest BCUT2D eigenvalue weighted by Crippen LogP contribution is -2.40. The summed E-state index contributed by atoms with van der Waals surface area (Å²) in [7, 11) is 3.15. The largest absolute Gasteiger partial charge is 0.331 e. The van der Waals surface area contributed by atoms with Crippen LogP contribution >= 0.6 is 0 Å². The number of amides is 2. The molecule has 12 heavy (non-hydrogen) atoms. The third-order valence-corrected chi connectivity index (χ3v) is 1.04. The molecule has 0 unspecified atom stereocenters. The van der Waals surface area contributed by atoms with Crippen LogP contribution in [0.1, 0.15) is 0 Å². The fourth-order valence-corrected chi connectivity index (χ4v) is 0.421. The quantitative estimate of drug-likeness (QED) is 0.215. The van der Waals surface area contributed by atoms with Crippen LogP contribution in [-0.2, 0) is 4.79 Å². The Morgan fingerprint density at radius 2 is 2.08 bits per heavy atom. The van der Waals surface area contributed by atoms with Gasteiger partial charge in [0.15, 0.2) is 0 Å². The molecule has 68 valence electrons. The number of hydrogen-bond acceptors (Lipinski definition) is 4. The molecule has 0 saturated carbocycles. The van der Waals surface area contributed by atoms with E-state index in [4.69, 9.17) is 5.84 Å². The molecule has 6 nitrogen and oxygen atoms in total. The molecule has 0 heterocycles. The summed E-state index contributed by atoms with van der Waals surface area (Å²) in [5, 5.41) is 2.35. The molecule has 0 aromatic rings. The highest BCUT2D eigenvalue weighted by molar-refractivity contribution is 5.77. The molecule has 0 rings (SSSR count). The summed E-state index contributed by atoms with van der Waals surface area (Å²) in [5.41, 5.74) is 2.16. The number of hydrogen-bond donors (Lipinski definition) is 3. The Labute approximate surface area is 70.4 Å². The molecule has 0 fully saturated rings. The van der Waals surface area contributed by atoms with Crippen molar-refractivity contribution in [2.75, 3.05) is 14.1 Å². The van der Waals surface area contributed by atoms with Gasteiger partial charge in [-0.2, -0.15) is 0 Å². The molecule has 0 aliphatic carbocycles. The number of allylic oxidation sites excluding steroid dienone is 1. The maximum absolute atomic E-state index is 10.9. The second-order valence-electron chi connectivity index (χ2n) is 2.19. The monoisotopic (exact) mass is 172 g/mol. The Kier molecular flexibility index (Phi) is 4.47. The number of nitrogens with one attached hydrogen (secondary N) is 2. The molecule has 0 bridgehead atoms. The van der Waals surface area contributed by atoms with Crippen molar-refractivity contribution in [1.82, 2.24) is 15.6 Å². The van der Waals surface area contributed by atoms with Gasteiger partial charge in [0.1, 0.15) is 12.1 Å². The first kappa shape index (κ1) is 10.4. The Hall–Kier alpha value is -1.56. The van der Waals surface area contributed by atoms with Crippen LogP contribution in [0.15, 0.2) is 11.9 Å². The molecule has 0 aliphatic heterocycles. The van der Waals surface area contributed by atoms with Crippen molar-refractivity contribution in [2.45, 2.75) is 0 Å². The summed E-state index contributed by atoms with van der Waals surface area (Å²) in [6, 6.07) is -0.360. The van der Waals surface area contributed by atoms with Gasteiger partial charge in [-0.05, 0) is 0 Å². The number of nitrogens with two attached hydrogens (primary N) is 1. The predicted molar refractivity (Wildman–Crippen MR) is 43.7 cm³/mol. The second kappa shape index (κ2) is 5.14.